The molecule has 0 aromatic carbocycles. The van der Waals surface area contributed by atoms with Crippen molar-refractivity contribution in [1.82, 2.24) is 9.97 Å². The van der Waals surface area contributed by atoms with Gasteiger partial charge in [-0.1, -0.05) is 22.6 Å². The van der Waals surface area contributed by atoms with Crippen molar-refractivity contribution in [2.45, 2.75) is 5.88 Å². The summed E-state index contributed by atoms with van der Waals surface area (Å²) in [5.41, 5.74) is 0.863. The van der Waals surface area contributed by atoms with Gasteiger partial charge in [0.25, 0.3) is 0 Å². The molecule has 0 atom stereocenters. The molecule has 1 aromatic rings. The number of alkyl halides is 2. The van der Waals surface area contributed by atoms with Gasteiger partial charge in [0.1, 0.15) is 6.33 Å². The molecule has 0 unspecified atom stereocenters. The van der Waals surface area contributed by atoms with E-state index in [0.717, 1.165) is 5.69 Å². The van der Waals surface area contributed by atoms with Gasteiger partial charge in [-0.05, 0) is 11.0 Å². The topological polar surface area (TPSA) is 25.8 Å². The first-order chi connectivity index (χ1) is 4.93. The molecule has 10 heavy (non-hydrogen) atoms. The molecule has 1 aromatic heterocycles. The molecule has 56 valence electrons. The predicted molar refractivity (Wildman–Crippen MR) is 51.5 cm³/mol. The molecule has 1 rings (SSSR count). The second kappa shape index (κ2) is 7.21. The smallest absolute Gasteiger partial charge is 0.115 e. The molecule has 0 amide bonds. The van der Waals surface area contributed by atoms with Crippen molar-refractivity contribution >= 4 is 34.2 Å². The lowest BCUT2D eigenvalue weighted by molar-refractivity contribution is 1.08. The highest BCUT2D eigenvalue weighted by Crippen LogP contribution is 1.93. The molecule has 0 spiro atoms. The number of nitrogens with zero attached hydrogens (tertiary/aromatic N) is 2. The number of halogens is 2. The van der Waals surface area contributed by atoms with Crippen molar-refractivity contribution in [1.29, 1.82) is 0 Å². The van der Waals surface area contributed by atoms with E-state index in [1.165, 1.54) is 6.33 Å². The lowest BCUT2D eigenvalue weighted by Crippen LogP contribution is -1.82. The summed E-state index contributed by atoms with van der Waals surface area (Å²) in [4.78, 5) is 9.55. The van der Waals surface area contributed by atoms with E-state index >= 15 is 0 Å². The van der Waals surface area contributed by atoms with Crippen LogP contribution in [0, 0.1) is 0 Å². The summed E-state index contributed by atoms with van der Waals surface area (Å²) in [5.74, 6) is 0.461. The molecule has 0 bridgehead atoms. The van der Waals surface area contributed by atoms with Gasteiger partial charge in [0, 0.05) is 6.20 Å². The van der Waals surface area contributed by atoms with Crippen LogP contribution in [-0.4, -0.2) is 14.9 Å². The van der Waals surface area contributed by atoms with Crippen molar-refractivity contribution in [3.05, 3.63) is 24.3 Å². The van der Waals surface area contributed by atoms with Gasteiger partial charge in [0.2, 0.25) is 0 Å². The highest BCUT2D eigenvalue weighted by Gasteiger charge is 1.84. The van der Waals surface area contributed by atoms with Crippen molar-refractivity contribution in [3.8, 4) is 0 Å². The molecule has 0 aliphatic rings. The molecule has 4 heteroatoms. The van der Waals surface area contributed by atoms with E-state index in [4.69, 9.17) is 11.6 Å². The first-order valence-corrected chi connectivity index (χ1v) is 5.31. The van der Waals surface area contributed by atoms with E-state index in [9.17, 15) is 0 Å². The Balaban J connectivity index is 0.000000371. The zero-order valence-corrected chi connectivity index (χ0v) is 8.50. The number of hydrogen-bond donors (Lipinski definition) is 0. The maximum absolute atomic E-state index is 5.44. The van der Waals surface area contributed by atoms with Gasteiger partial charge < -0.3 is 0 Å². The molecule has 0 fully saturated rings. The Morgan fingerprint density at radius 2 is 2.30 bits per heavy atom. The Hall–Kier alpha value is 0.100. The molecule has 0 aliphatic heterocycles. The highest BCUT2D eigenvalue weighted by molar-refractivity contribution is 14.1. The van der Waals surface area contributed by atoms with E-state index in [1.807, 2.05) is 4.93 Å². The lowest BCUT2D eigenvalue weighted by Gasteiger charge is -1.86. The fourth-order valence-electron chi connectivity index (χ4n) is 0.397. The minimum atomic E-state index is 0.461. The molecule has 1 heterocycles. The van der Waals surface area contributed by atoms with Gasteiger partial charge in [-0.2, -0.15) is 0 Å². The van der Waals surface area contributed by atoms with E-state index in [0.29, 0.717) is 5.88 Å². The first-order valence-electron chi connectivity index (χ1n) is 2.62. The van der Waals surface area contributed by atoms with Gasteiger partial charge >= 0.3 is 0 Å². The quantitative estimate of drug-likeness (QED) is 0.578. The average Bonchev–Trinajstić information content (AvgIpc) is 2.10. The Morgan fingerprint density at radius 3 is 2.60 bits per heavy atom. The molecule has 0 saturated carbocycles. The molecular weight excluding hydrogens is 262 g/mol. The van der Waals surface area contributed by atoms with Crippen molar-refractivity contribution in [2.75, 3.05) is 4.93 Å². The van der Waals surface area contributed by atoms with E-state index in [-0.39, 0.29) is 0 Å². The molecule has 0 radical (unpaired) electrons. The normalized spacial score (nSPS) is 7.90. The van der Waals surface area contributed by atoms with Gasteiger partial charge in [0.15, 0.2) is 0 Å². The minimum absolute atomic E-state index is 0.461. The maximum atomic E-state index is 5.44. The Bertz CT molecular complexity index is 157. The van der Waals surface area contributed by atoms with Crippen LogP contribution in [0.25, 0.3) is 0 Å². The summed E-state index contributed by atoms with van der Waals surface area (Å²) >= 11 is 7.59. The Labute approximate surface area is 79.2 Å². The third-order valence-corrected chi connectivity index (χ3v) is 1.05. The zero-order valence-electron chi connectivity index (χ0n) is 5.59. The van der Waals surface area contributed by atoms with Gasteiger partial charge in [-0.25, -0.2) is 9.97 Å². The zero-order chi connectivity index (χ0) is 7.82. The second-order valence-electron chi connectivity index (χ2n) is 1.33. The summed E-state index contributed by atoms with van der Waals surface area (Å²) in [7, 11) is 0. The second-order valence-corrected chi connectivity index (χ2v) is 1.60. The van der Waals surface area contributed by atoms with Crippen molar-refractivity contribution in [3.63, 3.8) is 0 Å². The van der Waals surface area contributed by atoms with E-state index in [1.54, 1.807) is 12.3 Å². The fourth-order valence-corrected chi connectivity index (χ4v) is 0.555. The van der Waals surface area contributed by atoms with Crippen LogP contribution in [0.3, 0.4) is 0 Å². The fraction of sp³-hybridized carbons (Fsp3) is 0.333. The van der Waals surface area contributed by atoms with Crippen LogP contribution in [0.1, 0.15) is 5.69 Å². The van der Waals surface area contributed by atoms with Gasteiger partial charge in [-0.15, -0.1) is 11.6 Å². The van der Waals surface area contributed by atoms with Crippen LogP contribution in [0.2, 0.25) is 0 Å². The molecule has 0 saturated heterocycles. The standard InChI is InChI=1S/C5H5ClN2.CH3I/c6-3-5-1-2-7-4-8-5;1-2/h1-2,4H,3H2;1H3. The van der Waals surface area contributed by atoms with Crippen LogP contribution >= 0.6 is 34.2 Å². The Kier molecular flexibility index (Phi) is 7.28. The Morgan fingerprint density at radius 1 is 1.60 bits per heavy atom. The number of rotatable bonds is 1. The third kappa shape index (κ3) is 4.00. The number of aromatic nitrogens is 2. The van der Waals surface area contributed by atoms with E-state index < -0.39 is 0 Å². The summed E-state index contributed by atoms with van der Waals surface area (Å²) in [6.45, 7) is 0. The van der Waals surface area contributed by atoms with Gasteiger partial charge in [0.05, 0.1) is 11.6 Å². The van der Waals surface area contributed by atoms with Crippen LogP contribution in [-0.2, 0) is 5.88 Å². The average molecular weight is 271 g/mol. The monoisotopic (exact) mass is 270 g/mol. The van der Waals surface area contributed by atoms with Crippen LogP contribution < -0.4 is 0 Å². The summed E-state index contributed by atoms with van der Waals surface area (Å²) in [6.07, 6.45) is 3.16. The molecule has 2 nitrogen and oxygen atoms in total. The lowest BCUT2D eigenvalue weighted by atomic mass is 10.5. The van der Waals surface area contributed by atoms with Crippen LogP contribution in [0.5, 0.6) is 0 Å². The highest BCUT2D eigenvalue weighted by atomic mass is 127. The molecule has 0 aliphatic carbocycles. The van der Waals surface area contributed by atoms with Crippen LogP contribution in [0.15, 0.2) is 18.6 Å². The first kappa shape index (κ1) is 10.1. The van der Waals surface area contributed by atoms with Crippen molar-refractivity contribution in [2.24, 2.45) is 0 Å². The third-order valence-electron chi connectivity index (χ3n) is 0.780. The summed E-state index contributed by atoms with van der Waals surface area (Å²) in [5, 5.41) is 0. The predicted octanol–water partition coefficient (Wildman–Crippen LogP) is 2.27. The molecule has 0 N–H and O–H groups in total. The van der Waals surface area contributed by atoms with Gasteiger partial charge in [-0.3, -0.25) is 0 Å². The summed E-state index contributed by atoms with van der Waals surface area (Å²) in [6, 6.07) is 1.78. The maximum Gasteiger partial charge on any atom is 0.115 e. The van der Waals surface area contributed by atoms with E-state index in [2.05, 4.69) is 32.6 Å². The van der Waals surface area contributed by atoms with Crippen molar-refractivity contribution < 1.29 is 0 Å². The number of hydrogen-bond acceptors (Lipinski definition) is 2. The SMILES string of the molecule is CI.ClCc1ccncn1. The minimum Gasteiger partial charge on any atom is -0.245 e. The molecular formula is C6H8ClIN2. The van der Waals surface area contributed by atoms with Crippen LogP contribution in [0.4, 0.5) is 0 Å². The summed E-state index contributed by atoms with van der Waals surface area (Å²) < 4.78 is 0. The largest absolute Gasteiger partial charge is 0.245 e.